The zero-order valence-corrected chi connectivity index (χ0v) is 18.0. The first-order chi connectivity index (χ1) is 15.1. The normalized spacial score (nSPS) is 24.6. The van der Waals surface area contributed by atoms with Crippen LogP contribution in [0.1, 0.15) is 35.3 Å². The third-order valence-electron chi connectivity index (χ3n) is 6.44. The zero-order valence-electron chi connectivity index (χ0n) is 17.2. The molecule has 1 aliphatic carbocycles. The Labute approximate surface area is 185 Å². The SMILES string of the molecule is O=C(CN1C(=O)NC2(CCc3ccccc32)C1=O)N(Cc1cccs1)CC1CCCO1. The fraction of sp³-hybridized carbons (Fsp3) is 0.435. The van der Waals surface area contributed by atoms with Gasteiger partial charge in [-0.3, -0.25) is 14.5 Å². The number of aryl methyl sites for hydroxylation is 1. The van der Waals surface area contributed by atoms with Crippen LogP contribution >= 0.6 is 11.3 Å². The van der Waals surface area contributed by atoms with Gasteiger partial charge in [-0.1, -0.05) is 30.3 Å². The highest BCUT2D eigenvalue weighted by molar-refractivity contribution is 7.09. The molecule has 2 aliphatic heterocycles. The van der Waals surface area contributed by atoms with E-state index in [1.807, 2.05) is 41.8 Å². The van der Waals surface area contributed by atoms with E-state index in [2.05, 4.69) is 5.32 Å². The van der Waals surface area contributed by atoms with Crippen LogP contribution in [0, 0.1) is 0 Å². The van der Waals surface area contributed by atoms with Gasteiger partial charge in [-0.15, -0.1) is 11.3 Å². The molecule has 1 aromatic carbocycles. The predicted molar refractivity (Wildman–Crippen MR) is 115 cm³/mol. The number of hydrogen-bond donors (Lipinski definition) is 1. The Kier molecular flexibility index (Phi) is 5.27. The van der Waals surface area contributed by atoms with E-state index in [1.54, 1.807) is 16.2 Å². The van der Waals surface area contributed by atoms with Gasteiger partial charge in [0.15, 0.2) is 0 Å². The lowest BCUT2D eigenvalue weighted by Gasteiger charge is -2.27. The van der Waals surface area contributed by atoms with Crippen molar-refractivity contribution < 1.29 is 19.1 Å². The van der Waals surface area contributed by atoms with Crippen molar-refractivity contribution in [2.75, 3.05) is 19.7 Å². The Hall–Kier alpha value is -2.71. The van der Waals surface area contributed by atoms with Crippen LogP contribution in [0.2, 0.25) is 0 Å². The number of carbonyl (C=O) groups is 3. The molecule has 31 heavy (non-hydrogen) atoms. The summed E-state index contributed by atoms with van der Waals surface area (Å²) in [6.45, 7) is 1.37. The zero-order chi connectivity index (χ0) is 21.4. The first kappa shape index (κ1) is 20.2. The molecule has 8 heteroatoms. The molecule has 4 amide bonds. The van der Waals surface area contributed by atoms with Crippen molar-refractivity contribution in [3.05, 3.63) is 57.8 Å². The number of thiophene rings is 1. The largest absolute Gasteiger partial charge is 0.376 e. The molecule has 7 nitrogen and oxygen atoms in total. The van der Waals surface area contributed by atoms with Crippen LogP contribution < -0.4 is 5.32 Å². The fourth-order valence-corrected chi connectivity index (χ4v) is 5.57. The molecule has 2 fully saturated rings. The molecule has 0 radical (unpaired) electrons. The molecule has 2 unspecified atom stereocenters. The van der Waals surface area contributed by atoms with Crippen LogP contribution in [0.3, 0.4) is 0 Å². The van der Waals surface area contributed by atoms with E-state index >= 15 is 0 Å². The van der Waals surface area contributed by atoms with Crippen molar-refractivity contribution in [1.82, 2.24) is 15.1 Å². The van der Waals surface area contributed by atoms with Crippen molar-refractivity contribution in [1.29, 1.82) is 0 Å². The number of urea groups is 1. The monoisotopic (exact) mass is 439 g/mol. The third-order valence-corrected chi connectivity index (χ3v) is 7.30. The summed E-state index contributed by atoms with van der Waals surface area (Å²) >= 11 is 1.58. The summed E-state index contributed by atoms with van der Waals surface area (Å²) in [6, 6.07) is 11.1. The summed E-state index contributed by atoms with van der Waals surface area (Å²) in [4.78, 5) is 43.3. The topological polar surface area (TPSA) is 79.0 Å². The molecular formula is C23H25N3O4S. The molecule has 1 aromatic heterocycles. The van der Waals surface area contributed by atoms with Gasteiger partial charge in [-0.05, 0) is 48.3 Å². The number of imide groups is 1. The Bertz CT molecular complexity index is 1000. The molecule has 3 aliphatic rings. The average Bonchev–Trinajstić information content (AvgIpc) is 3.55. The maximum Gasteiger partial charge on any atom is 0.325 e. The minimum Gasteiger partial charge on any atom is -0.376 e. The van der Waals surface area contributed by atoms with E-state index in [0.717, 1.165) is 40.2 Å². The second kappa shape index (κ2) is 8.09. The Morgan fingerprint density at radius 3 is 2.90 bits per heavy atom. The quantitative estimate of drug-likeness (QED) is 0.702. The molecule has 162 valence electrons. The van der Waals surface area contributed by atoms with Crippen molar-refractivity contribution in [2.45, 2.75) is 43.9 Å². The number of fused-ring (bicyclic) bond motifs is 2. The van der Waals surface area contributed by atoms with Crippen LogP contribution in [0.25, 0.3) is 0 Å². The van der Waals surface area contributed by atoms with Crippen LogP contribution in [0.15, 0.2) is 41.8 Å². The second-order valence-corrected chi connectivity index (χ2v) is 9.40. The highest BCUT2D eigenvalue weighted by atomic mass is 32.1. The first-order valence-electron chi connectivity index (χ1n) is 10.7. The lowest BCUT2D eigenvalue weighted by Crippen LogP contribution is -2.46. The van der Waals surface area contributed by atoms with Crippen LogP contribution in [-0.2, 0) is 32.8 Å². The van der Waals surface area contributed by atoms with Gasteiger partial charge < -0.3 is 15.0 Å². The number of hydrogen-bond acceptors (Lipinski definition) is 5. The average molecular weight is 440 g/mol. The van der Waals surface area contributed by atoms with Crippen molar-refractivity contribution in [3.8, 4) is 0 Å². The fourth-order valence-electron chi connectivity index (χ4n) is 4.85. The summed E-state index contributed by atoms with van der Waals surface area (Å²) < 4.78 is 5.73. The number of amides is 4. The van der Waals surface area contributed by atoms with Gasteiger partial charge >= 0.3 is 6.03 Å². The van der Waals surface area contributed by atoms with Gasteiger partial charge in [0.05, 0.1) is 12.6 Å². The number of nitrogens with one attached hydrogen (secondary N) is 1. The summed E-state index contributed by atoms with van der Waals surface area (Å²) in [5.41, 5.74) is 0.876. The number of benzene rings is 1. The van der Waals surface area contributed by atoms with Gasteiger partial charge in [0.2, 0.25) is 5.91 Å². The minimum atomic E-state index is -1.04. The molecule has 2 aromatic rings. The Morgan fingerprint density at radius 1 is 1.26 bits per heavy atom. The minimum absolute atomic E-state index is 0.0000645. The summed E-state index contributed by atoms with van der Waals surface area (Å²) in [6.07, 6.45) is 3.15. The molecule has 3 heterocycles. The Balaban J connectivity index is 1.34. The number of ether oxygens (including phenoxy) is 1. The highest BCUT2D eigenvalue weighted by Crippen LogP contribution is 2.41. The summed E-state index contributed by atoms with van der Waals surface area (Å²) in [5, 5.41) is 4.87. The maximum absolute atomic E-state index is 13.4. The van der Waals surface area contributed by atoms with E-state index in [0.29, 0.717) is 26.1 Å². The lowest BCUT2D eigenvalue weighted by atomic mass is 9.92. The standard InChI is InChI=1S/C23H25N3O4S/c27-20(25(13-17-6-3-11-30-17)14-18-7-4-12-31-18)15-26-21(28)23(24-22(26)29)10-9-16-5-1-2-8-19(16)23/h1-2,4-5,7-8,12,17H,3,6,9-11,13-15H2,(H,24,29). The number of rotatable bonds is 6. The van der Waals surface area contributed by atoms with Gasteiger partial charge in [-0.2, -0.15) is 0 Å². The number of carbonyl (C=O) groups excluding carboxylic acids is 3. The lowest BCUT2D eigenvalue weighted by molar-refractivity contribution is -0.140. The van der Waals surface area contributed by atoms with Crippen LogP contribution in [0.4, 0.5) is 4.79 Å². The molecule has 1 spiro atoms. The van der Waals surface area contributed by atoms with Gasteiger partial charge in [-0.25, -0.2) is 4.79 Å². The van der Waals surface area contributed by atoms with E-state index in [1.165, 1.54) is 0 Å². The molecule has 0 bridgehead atoms. The van der Waals surface area contributed by atoms with Crippen molar-refractivity contribution in [3.63, 3.8) is 0 Å². The maximum atomic E-state index is 13.4. The van der Waals surface area contributed by atoms with Gasteiger partial charge in [0, 0.05) is 18.0 Å². The highest BCUT2D eigenvalue weighted by Gasteiger charge is 2.55. The van der Waals surface area contributed by atoms with Gasteiger partial charge in [0.25, 0.3) is 5.91 Å². The van der Waals surface area contributed by atoms with Gasteiger partial charge in [0.1, 0.15) is 12.1 Å². The van der Waals surface area contributed by atoms with E-state index in [9.17, 15) is 14.4 Å². The molecule has 1 N–H and O–H groups in total. The third kappa shape index (κ3) is 3.64. The summed E-state index contributed by atoms with van der Waals surface area (Å²) in [7, 11) is 0. The molecule has 5 rings (SSSR count). The first-order valence-corrected chi connectivity index (χ1v) is 11.6. The molecule has 0 saturated carbocycles. The van der Waals surface area contributed by atoms with E-state index < -0.39 is 11.6 Å². The number of nitrogens with zero attached hydrogens (tertiary/aromatic N) is 2. The predicted octanol–water partition coefficient (Wildman–Crippen LogP) is 2.65. The van der Waals surface area contributed by atoms with Crippen LogP contribution in [0.5, 0.6) is 0 Å². The molecule has 2 saturated heterocycles. The second-order valence-electron chi connectivity index (χ2n) is 8.37. The molecule has 2 atom stereocenters. The van der Waals surface area contributed by atoms with Crippen molar-refractivity contribution in [2.24, 2.45) is 0 Å². The smallest absolute Gasteiger partial charge is 0.325 e. The summed E-state index contributed by atoms with van der Waals surface area (Å²) in [5.74, 6) is -0.570. The van der Waals surface area contributed by atoms with E-state index in [-0.39, 0.29) is 24.5 Å². The molecular weight excluding hydrogens is 414 g/mol. The van der Waals surface area contributed by atoms with Crippen molar-refractivity contribution >= 4 is 29.2 Å². The Morgan fingerprint density at radius 2 is 2.13 bits per heavy atom. The van der Waals surface area contributed by atoms with E-state index in [4.69, 9.17) is 4.74 Å². The van der Waals surface area contributed by atoms with Crippen LogP contribution in [-0.4, -0.2) is 53.4 Å².